The average Bonchev–Trinajstić information content (AvgIpc) is 3.59. The highest BCUT2D eigenvalue weighted by molar-refractivity contribution is 7.89. The molecule has 3 aromatic heterocycles. The summed E-state index contributed by atoms with van der Waals surface area (Å²) in [6, 6.07) is 17.5. The zero-order chi connectivity index (χ0) is 26.2. The van der Waals surface area contributed by atoms with Crippen molar-refractivity contribution < 1.29 is 18.6 Å². The van der Waals surface area contributed by atoms with E-state index in [1.807, 2.05) is 30.3 Å². The Kier molecular flexibility index (Phi) is 6.88. The Morgan fingerprint density at radius 2 is 1.97 bits per heavy atom. The van der Waals surface area contributed by atoms with Crippen LogP contribution in [0, 0.1) is 0 Å². The number of benzene rings is 2. The molecule has 0 saturated carbocycles. The summed E-state index contributed by atoms with van der Waals surface area (Å²) in [6.45, 7) is 1.11. The maximum atomic E-state index is 13.2. The molecule has 0 bridgehead atoms. The van der Waals surface area contributed by atoms with Gasteiger partial charge in [-0.2, -0.15) is 9.82 Å². The molecule has 8 nitrogen and oxygen atoms in total. The van der Waals surface area contributed by atoms with Gasteiger partial charge in [0.15, 0.2) is 0 Å². The standard InChI is InChI=1S/C26H23ClN4O4S2/c1-26(33,15-32)17-9-10-28-22(12-17)20-7-4-5-16-11-23(36-25(16)20)24(19-6-2-3-8-21(19)27)31-37(34,35)18-13-29-30-14-18/h2-14,24,31-33H,15H2,1H3,(H,29,30). The number of thiophene rings is 1. The van der Waals surface area contributed by atoms with Gasteiger partial charge in [0.05, 0.1) is 24.5 Å². The topological polar surface area (TPSA) is 128 Å². The third kappa shape index (κ3) is 5.04. The number of aromatic nitrogens is 3. The number of aromatic amines is 1. The van der Waals surface area contributed by atoms with Crippen LogP contribution in [-0.4, -0.2) is 40.4 Å². The third-order valence-corrected chi connectivity index (χ3v) is 9.07. The number of H-pyrrole nitrogens is 1. The number of nitrogens with one attached hydrogen (secondary N) is 2. The van der Waals surface area contributed by atoms with E-state index in [9.17, 15) is 18.6 Å². The van der Waals surface area contributed by atoms with Crippen molar-refractivity contribution in [3.63, 3.8) is 0 Å². The highest BCUT2D eigenvalue weighted by Crippen LogP contribution is 2.40. The second-order valence-corrected chi connectivity index (χ2v) is 11.9. The fourth-order valence-electron chi connectivity index (χ4n) is 4.02. The molecule has 5 rings (SSSR count). The van der Waals surface area contributed by atoms with E-state index in [1.54, 1.807) is 36.5 Å². The van der Waals surface area contributed by atoms with E-state index in [-0.39, 0.29) is 4.90 Å². The van der Waals surface area contributed by atoms with Crippen LogP contribution in [0.3, 0.4) is 0 Å². The molecule has 0 aliphatic heterocycles. The van der Waals surface area contributed by atoms with Crippen molar-refractivity contribution in [1.29, 1.82) is 0 Å². The van der Waals surface area contributed by atoms with Crippen molar-refractivity contribution in [2.24, 2.45) is 0 Å². The average molecular weight is 555 g/mol. The van der Waals surface area contributed by atoms with Crippen molar-refractivity contribution in [3.05, 3.63) is 100 Å². The van der Waals surface area contributed by atoms with Crippen LogP contribution in [0.25, 0.3) is 21.3 Å². The molecule has 0 aliphatic carbocycles. The van der Waals surface area contributed by atoms with Gasteiger partial charge in [0.25, 0.3) is 0 Å². The summed E-state index contributed by atoms with van der Waals surface area (Å²) in [4.78, 5) is 5.25. The van der Waals surface area contributed by atoms with E-state index in [0.717, 1.165) is 20.5 Å². The number of hydrogen-bond acceptors (Lipinski definition) is 7. The number of rotatable bonds is 8. The maximum absolute atomic E-state index is 13.2. The third-order valence-electron chi connectivity index (χ3n) is 6.09. The van der Waals surface area contributed by atoms with Crippen LogP contribution in [0.5, 0.6) is 0 Å². The van der Waals surface area contributed by atoms with Gasteiger partial charge in [-0.1, -0.05) is 48.0 Å². The molecule has 2 atom stereocenters. The lowest BCUT2D eigenvalue weighted by atomic mass is 9.96. The summed E-state index contributed by atoms with van der Waals surface area (Å²) in [7, 11) is -3.91. The molecule has 0 spiro atoms. The number of aliphatic hydroxyl groups is 2. The number of halogens is 1. The zero-order valence-electron chi connectivity index (χ0n) is 19.6. The van der Waals surface area contributed by atoms with Crippen molar-refractivity contribution in [1.82, 2.24) is 19.9 Å². The second kappa shape index (κ2) is 9.97. The zero-order valence-corrected chi connectivity index (χ0v) is 22.0. The Morgan fingerprint density at radius 1 is 1.16 bits per heavy atom. The van der Waals surface area contributed by atoms with E-state index >= 15 is 0 Å². The molecule has 2 unspecified atom stereocenters. The van der Waals surface area contributed by atoms with Crippen molar-refractivity contribution in [3.8, 4) is 11.3 Å². The van der Waals surface area contributed by atoms with Gasteiger partial charge in [-0.15, -0.1) is 11.3 Å². The van der Waals surface area contributed by atoms with Crippen molar-refractivity contribution >= 4 is 43.0 Å². The minimum Gasteiger partial charge on any atom is -0.393 e. The van der Waals surface area contributed by atoms with E-state index in [1.165, 1.54) is 30.7 Å². The molecule has 0 saturated heterocycles. The number of sulfonamides is 1. The fourth-order valence-corrected chi connectivity index (χ4v) is 6.70. The maximum Gasteiger partial charge on any atom is 0.244 e. The molecule has 3 heterocycles. The molecule has 37 heavy (non-hydrogen) atoms. The van der Waals surface area contributed by atoms with Crippen LogP contribution < -0.4 is 4.72 Å². The van der Waals surface area contributed by atoms with Crippen LogP contribution in [0.15, 0.2) is 84.1 Å². The van der Waals surface area contributed by atoms with Crippen molar-refractivity contribution in [2.45, 2.75) is 23.5 Å². The summed E-state index contributed by atoms with van der Waals surface area (Å²) in [5.74, 6) is 0. The number of nitrogens with zero attached hydrogens (tertiary/aromatic N) is 2. The van der Waals surface area contributed by atoms with Gasteiger partial charge in [-0.3, -0.25) is 10.1 Å². The predicted molar refractivity (Wildman–Crippen MR) is 144 cm³/mol. The normalized spacial score (nSPS) is 14.5. The Morgan fingerprint density at radius 3 is 2.70 bits per heavy atom. The van der Waals surface area contributed by atoms with Gasteiger partial charge in [-0.25, -0.2) is 8.42 Å². The van der Waals surface area contributed by atoms with E-state index in [0.29, 0.717) is 21.8 Å². The van der Waals surface area contributed by atoms with Gasteiger partial charge in [0, 0.05) is 32.6 Å². The summed E-state index contributed by atoms with van der Waals surface area (Å²) >= 11 is 7.95. The summed E-state index contributed by atoms with van der Waals surface area (Å²) in [6.07, 6.45) is 4.15. The number of pyridine rings is 1. The Bertz CT molecular complexity index is 1670. The number of aliphatic hydroxyl groups excluding tert-OH is 1. The quantitative estimate of drug-likeness (QED) is 0.222. The minimum atomic E-state index is -3.91. The van der Waals surface area contributed by atoms with Gasteiger partial charge in [0.1, 0.15) is 10.5 Å². The van der Waals surface area contributed by atoms with Gasteiger partial charge >= 0.3 is 0 Å². The smallest absolute Gasteiger partial charge is 0.244 e. The molecule has 11 heteroatoms. The molecule has 0 amide bonds. The molecule has 2 aromatic carbocycles. The molecule has 0 fully saturated rings. The molecule has 190 valence electrons. The van der Waals surface area contributed by atoms with Crippen LogP contribution in [-0.2, 0) is 15.6 Å². The SMILES string of the molecule is CC(O)(CO)c1ccnc(-c2cccc3cc(C(NS(=O)(=O)c4cn[nH]c4)c4ccccc4Cl)sc23)c1. The summed E-state index contributed by atoms with van der Waals surface area (Å²) in [5.41, 5.74) is 1.18. The van der Waals surface area contributed by atoms with Gasteiger partial charge in [0.2, 0.25) is 10.0 Å². The Balaban J connectivity index is 1.64. The van der Waals surface area contributed by atoms with Gasteiger partial charge < -0.3 is 10.2 Å². The number of hydrogen-bond donors (Lipinski definition) is 4. The lowest BCUT2D eigenvalue weighted by molar-refractivity contribution is -0.00230. The molecular formula is C26H23ClN4O4S2. The van der Waals surface area contributed by atoms with Gasteiger partial charge in [-0.05, 0) is 47.7 Å². The Hall–Kier alpha value is -3.12. The first-order valence-corrected chi connectivity index (χ1v) is 14.0. The monoisotopic (exact) mass is 554 g/mol. The largest absolute Gasteiger partial charge is 0.393 e. The van der Waals surface area contributed by atoms with E-state index in [4.69, 9.17) is 11.6 Å². The first kappa shape index (κ1) is 25.5. The molecular weight excluding hydrogens is 532 g/mol. The predicted octanol–water partition coefficient (Wildman–Crippen LogP) is 4.61. The lowest BCUT2D eigenvalue weighted by Crippen LogP contribution is -2.29. The van der Waals surface area contributed by atoms with Crippen LogP contribution >= 0.6 is 22.9 Å². The lowest BCUT2D eigenvalue weighted by Gasteiger charge is -2.21. The number of fused-ring (bicyclic) bond motifs is 1. The minimum absolute atomic E-state index is 0.0169. The highest BCUT2D eigenvalue weighted by Gasteiger charge is 2.28. The Labute approximate surface area is 222 Å². The molecule has 5 aromatic rings. The van der Waals surface area contributed by atoms with Crippen LogP contribution in [0.1, 0.15) is 29.0 Å². The fraction of sp³-hybridized carbons (Fsp3) is 0.154. The summed E-state index contributed by atoms with van der Waals surface area (Å²) in [5, 5.41) is 27.8. The molecule has 0 radical (unpaired) electrons. The van der Waals surface area contributed by atoms with E-state index in [2.05, 4.69) is 19.9 Å². The molecule has 0 aliphatic rings. The van der Waals surface area contributed by atoms with Crippen LogP contribution in [0.4, 0.5) is 0 Å². The van der Waals surface area contributed by atoms with Crippen molar-refractivity contribution in [2.75, 3.05) is 6.61 Å². The first-order valence-electron chi connectivity index (χ1n) is 11.3. The van der Waals surface area contributed by atoms with Crippen LogP contribution in [0.2, 0.25) is 5.02 Å². The van der Waals surface area contributed by atoms with E-state index < -0.39 is 28.3 Å². The first-order chi connectivity index (χ1) is 17.7. The molecule has 4 N–H and O–H groups in total. The second-order valence-electron chi connectivity index (χ2n) is 8.74. The summed E-state index contributed by atoms with van der Waals surface area (Å²) < 4.78 is 30.0. The highest BCUT2D eigenvalue weighted by atomic mass is 35.5.